The second-order valence-corrected chi connectivity index (χ2v) is 9.08. The van der Waals surface area contributed by atoms with Crippen LogP contribution in [0.3, 0.4) is 0 Å². The number of fused-ring (bicyclic) bond motifs is 3. The molecule has 2 bridgehead atoms. The van der Waals surface area contributed by atoms with Gasteiger partial charge in [0.2, 0.25) is 5.91 Å². The number of ether oxygens (including phenoxy) is 4. The Labute approximate surface area is 201 Å². The third-order valence-corrected chi connectivity index (χ3v) is 6.77. The van der Waals surface area contributed by atoms with E-state index in [9.17, 15) is 14.9 Å². The van der Waals surface area contributed by atoms with Gasteiger partial charge in [-0.2, -0.15) is 5.26 Å². The highest BCUT2D eigenvalue weighted by Gasteiger charge is 2.35. The van der Waals surface area contributed by atoms with Crippen molar-refractivity contribution in [1.29, 1.82) is 5.26 Å². The molecule has 1 aromatic rings. The number of rotatable bonds is 2. The van der Waals surface area contributed by atoms with Crippen LogP contribution in [0.15, 0.2) is 18.2 Å². The third kappa shape index (κ3) is 5.87. The van der Waals surface area contributed by atoms with E-state index in [2.05, 4.69) is 6.07 Å². The number of carbonyl (C=O) groups excluding carboxylic acids is 2. The van der Waals surface area contributed by atoms with E-state index >= 15 is 0 Å². The molecule has 34 heavy (non-hydrogen) atoms. The number of likely N-dealkylation sites (N-methyl/N-ethyl adjacent to an activating group) is 2. The summed E-state index contributed by atoms with van der Waals surface area (Å²) in [5.41, 5.74) is 0.678. The van der Waals surface area contributed by atoms with Crippen LogP contribution >= 0.6 is 0 Å². The monoisotopic (exact) mass is 473 g/mol. The predicted molar refractivity (Wildman–Crippen MR) is 125 cm³/mol. The van der Waals surface area contributed by atoms with Crippen molar-refractivity contribution < 1.29 is 28.5 Å². The number of carbonyl (C=O) groups is 2. The minimum atomic E-state index is -0.515. The summed E-state index contributed by atoms with van der Waals surface area (Å²) < 4.78 is 23.6. The van der Waals surface area contributed by atoms with Gasteiger partial charge in [0.05, 0.1) is 48.0 Å². The molecule has 0 saturated carbocycles. The van der Waals surface area contributed by atoms with E-state index in [-0.39, 0.29) is 36.7 Å². The van der Waals surface area contributed by atoms with Gasteiger partial charge in [-0.05, 0) is 31.0 Å². The number of hydrogen-bond acceptors (Lipinski definition) is 7. The molecule has 5 atom stereocenters. The maximum Gasteiger partial charge on any atom is 0.257 e. The number of benzene rings is 1. The summed E-state index contributed by atoms with van der Waals surface area (Å²) in [6.45, 7) is 2.77. The zero-order chi connectivity index (χ0) is 24.8. The van der Waals surface area contributed by atoms with Crippen molar-refractivity contribution >= 4 is 11.8 Å². The van der Waals surface area contributed by atoms with E-state index in [1.165, 1.54) is 18.1 Å². The van der Waals surface area contributed by atoms with Crippen LogP contribution in [-0.4, -0.2) is 94.0 Å². The third-order valence-electron chi connectivity index (χ3n) is 6.77. The average Bonchev–Trinajstić information content (AvgIpc) is 2.85. The van der Waals surface area contributed by atoms with Crippen LogP contribution in [0.4, 0.5) is 0 Å². The Balaban J connectivity index is 1.93. The number of methoxy groups -OCH3 is 2. The minimum absolute atomic E-state index is 0.0443. The first-order valence-electron chi connectivity index (χ1n) is 11.7. The van der Waals surface area contributed by atoms with E-state index in [0.717, 1.165) is 12.8 Å². The van der Waals surface area contributed by atoms with E-state index in [1.807, 2.05) is 0 Å². The summed E-state index contributed by atoms with van der Waals surface area (Å²) in [6.07, 6.45) is 1.39. The van der Waals surface area contributed by atoms with Gasteiger partial charge in [-0.3, -0.25) is 9.59 Å². The SMILES string of the molecule is CO[C@@H]1CC[C@H]2CCOc3ccc(C#N)cc3C(=O)N(C)C[C@@H](OC)[C@H](C)C(=O)N(C)C[C@@H]1O2. The predicted octanol–water partition coefficient (Wildman–Crippen LogP) is 2.08. The van der Waals surface area contributed by atoms with Crippen molar-refractivity contribution in [3.8, 4) is 11.8 Å². The molecule has 0 N–H and O–H groups in total. The maximum atomic E-state index is 13.3. The first-order valence-corrected chi connectivity index (χ1v) is 11.7. The Morgan fingerprint density at radius 3 is 2.44 bits per heavy atom. The molecule has 2 aliphatic heterocycles. The molecule has 2 amide bonds. The Morgan fingerprint density at radius 2 is 1.76 bits per heavy atom. The van der Waals surface area contributed by atoms with Gasteiger partial charge in [0.1, 0.15) is 11.9 Å². The number of amides is 2. The zero-order valence-corrected chi connectivity index (χ0v) is 20.7. The number of hydrogen-bond donors (Lipinski definition) is 0. The average molecular weight is 474 g/mol. The van der Waals surface area contributed by atoms with Crippen LogP contribution in [-0.2, 0) is 19.0 Å². The minimum Gasteiger partial charge on any atom is -0.493 e. The Morgan fingerprint density at radius 1 is 1.03 bits per heavy atom. The first kappa shape index (κ1) is 25.9. The quantitative estimate of drug-likeness (QED) is 0.648. The smallest absolute Gasteiger partial charge is 0.257 e. The Bertz CT molecular complexity index is 916. The van der Waals surface area contributed by atoms with Crippen LogP contribution in [0.2, 0.25) is 0 Å². The first-order chi connectivity index (χ1) is 16.3. The molecule has 2 aliphatic rings. The molecular weight excluding hydrogens is 438 g/mol. The van der Waals surface area contributed by atoms with Gasteiger partial charge < -0.3 is 28.7 Å². The normalized spacial score (nSPS) is 29.2. The lowest BCUT2D eigenvalue weighted by molar-refractivity contribution is -0.154. The Hall–Kier alpha value is -2.67. The summed E-state index contributed by atoms with van der Waals surface area (Å²) >= 11 is 0. The van der Waals surface area contributed by atoms with Crippen LogP contribution in [0, 0.1) is 17.2 Å². The van der Waals surface area contributed by atoms with Gasteiger partial charge in [0.15, 0.2) is 0 Å². The summed E-state index contributed by atoms with van der Waals surface area (Å²) in [5.74, 6) is -0.454. The van der Waals surface area contributed by atoms with E-state index in [0.29, 0.717) is 36.4 Å². The van der Waals surface area contributed by atoms with Gasteiger partial charge in [-0.25, -0.2) is 0 Å². The molecule has 1 aromatic carbocycles. The summed E-state index contributed by atoms with van der Waals surface area (Å²) in [7, 11) is 6.61. The molecule has 3 rings (SSSR count). The molecule has 0 unspecified atom stereocenters. The number of nitriles is 1. The standard InChI is InChI=1S/C25H35N3O6/c1-16-22(32-5)14-28(3)25(30)19-12-17(13-26)6-8-20(19)33-11-10-18-7-9-21(31-4)23(34-18)15-27(2)24(16)29/h6,8,12,16,18,21-23H,7,9-11,14-15H2,1-5H3/t16-,18-,21+,22+,23-/m0/s1. The topological polar surface area (TPSA) is 101 Å². The highest BCUT2D eigenvalue weighted by atomic mass is 16.5. The van der Waals surface area contributed by atoms with Gasteiger partial charge in [-0.15, -0.1) is 0 Å². The lowest BCUT2D eigenvalue weighted by atomic mass is 9.97. The van der Waals surface area contributed by atoms with Crippen molar-refractivity contribution in [1.82, 2.24) is 9.80 Å². The van der Waals surface area contributed by atoms with Crippen LogP contribution in [0.25, 0.3) is 0 Å². The van der Waals surface area contributed by atoms with E-state index in [4.69, 9.17) is 18.9 Å². The van der Waals surface area contributed by atoms with Crippen LogP contribution in [0.1, 0.15) is 42.1 Å². The molecule has 0 radical (unpaired) electrons. The molecule has 186 valence electrons. The van der Waals surface area contributed by atoms with Crippen molar-refractivity contribution in [2.45, 2.75) is 50.6 Å². The molecule has 9 nitrogen and oxygen atoms in total. The van der Waals surface area contributed by atoms with Crippen molar-refractivity contribution in [2.75, 3.05) is 48.0 Å². The molecule has 0 aromatic heterocycles. The van der Waals surface area contributed by atoms with Gasteiger partial charge >= 0.3 is 0 Å². The van der Waals surface area contributed by atoms with Crippen molar-refractivity contribution in [3.63, 3.8) is 0 Å². The number of nitrogens with zero attached hydrogens (tertiary/aromatic N) is 3. The summed E-state index contributed by atoms with van der Waals surface area (Å²) in [5, 5.41) is 9.33. The molecule has 9 heteroatoms. The van der Waals surface area contributed by atoms with E-state index < -0.39 is 12.0 Å². The van der Waals surface area contributed by atoms with Crippen LogP contribution in [0.5, 0.6) is 5.75 Å². The Kier molecular flexibility index (Phi) is 8.89. The summed E-state index contributed by atoms with van der Waals surface area (Å²) in [6, 6.07) is 6.90. The van der Waals surface area contributed by atoms with Gasteiger partial charge in [0, 0.05) is 47.8 Å². The largest absolute Gasteiger partial charge is 0.493 e. The van der Waals surface area contributed by atoms with Gasteiger partial charge in [0.25, 0.3) is 5.91 Å². The maximum absolute atomic E-state index is 13.3. The molecule has 0 spiro atoms. The molecule has 1 fully saturated rings. The van der Waals surface area contributed by atoms with Crippen LogP contribution < -0.4 is 4.74 Å². The van der Waals surface area contributed by atoms with Crippen molar-refractivity contribution in [3.05, 3.63) is 29.3 Å². The fraction of sp³-hybridized carbons (Fsp3) is 0.640. The fourth-order valence-corrected chi connectivity index (χ4v) is 4.64. The summed E-state index contributed by atoms with van der Waals surface area (Å²) in [4.78, 5) is 29.7. The highest BCUT2D eigenvalue weighted by molar-refractivity contribution is 5.97. The molecule has 1 saturated heterocycles. The van der Waals surface area contributed by atoms with E-state index in [1.54, 1.807) is 45.2 Å². The lowest BCUT2D eigenvalue weighted by Gasteiger charge is -2.38. The second-order valence-electron chi connectivity index (χ2n) is 9.08. The molecular formula is C25H35N3O6. The fourth-order valence-electron chi connectivity index (χ4n) is 4.64. The highest BCUT2D eigenvalue weighted by Crippen LogP contribution is 2.27. The van der Waals surface area contributed by atoms with Crippen molar-refractivity contribution in [2.24, 2.45) is 5.92 Å². The van der Waals surface area contributed by atoms with Gasteiger partial charge in [-0.1, -0.05) is 6.92 Å². The second kappa shape index (κ2) is 11.6. The molecule has 2 heterocycles. The molecule has 0 aliphatic carbocycles. The zero-order valence-electron chi connectivity index (χ0n) is 20.7. The lowest BCUT2D eigenvalue weighted by Crippen LogP contribution is -2.50.